The van der Waals surface area contributed by atoms with Crippen LogP contribution < -0.4 is 0 Å². The van der Waals surface area contributed by atoms with E-state index in [1.807, 2.05) is 0 Å². The Morgan fingerprint density at radius 1 is 1.67 bits per heavy atom. The molecule has 0 spiro atoms. The summed E-state index contributed by atoms with van der Waals surface area (Å²) in [5.74, 6) is 0.676. The van der Waals surface area contributed by atoms with Gasteiger partial charge in [0, 0.05) is 5.38 Å². The lowest BCUT2D eigenvalue weighted by Crippen LogP contribution is -2.14. The number of rotatable bonds is 0. The molecule has 1 aliphatic rings. The number of halogens is 1. The molecule has 0 aliphatic heterocycles. The van der Waals surface area contributed by atoms with E-state index in [0.717, 1.165) is 6.42 Å². The molecule has 1 unspecified atom stereocenters. The van der Waals surface area contributed by atoms with Gasteiger partial charge in [-0.1, -0.05) is 18.6 Å². The van der Waals surface area contributed by atoms with E-state index in [1.54, 1.807) is 0 Å². The molecule has 9 heavy (non-hydrogen) atoms. The second-order valence-corrected chi connectivity index (χ2v) is 3.54. The molecule has 1 rings (SSSR count). The minimum Gasteiger partial charge on any atom is -0.122 e. The summed E-state index contributed by atoms with van der Waals surface area (Å²) in [6.07, 6.45) is 4.55. The second kappa shape index (κ2) is 2.74. The molecule has 0 fully saturated rings. The van der Waals surface area contributed by atoms with Gasteiger partial charge in [0.2, 0.25) is 0 Å². The van der Waals surface area contributed by atoms with Gasteiger partial charge in [-0.05, 0) is 25.7 Å². The fourth-order valence-electron chi connectivity index (χ4n) is 1.13. The van der Waals surface area contributed by atoms with Crippen molar-refractivity contribution < 1.29 is 0 Å². The number of allylic oxidation sites excluding steroid dienone is 2. The Kier molecular flexibility index (Phi) is 2.18. The van der Waals surface area contributed by atoms with Crippen LogP contribution in [-0.2, 0) is 0 Å². The van der Waals surface area contributed by atoms with Gasteiger partial charge in [-0.25, -0.2) is 0 Å². The molecule has 0 aromatic heterocycles. The van der Waals surface area contributed by atoms with Crippen molar-refractivity contribution >= 4 is 11.6 Å². The largest absolute Gasteiger partial charge is 0.122 e. The standard InChI is InChI=1S/C8H13Cl/c1-6-3-4-7(2)8(9)5-6/h3,7-8H,4-5H2,1-2H3/t7?,8-/m0/s1. The van der Waals surface area contributed by atoms with Crippen LogP contribution in [0.25, 0.3) is 0 Å². The van der Waals surface area contributed by atoms with Gasteiger partial charge in [-0.3, -0.25) is 0 Å². The highest BCUT2D eigenvalue weighted by Gasteiger charge is 2.17. The van der Waals surface area contributed by atoms with E-state index in [1.165, 1.54) is 12.0 Å². The van der Waals surface area contributed by atoms with Crippen LogP contribution in [0.1, 0.15) is 26.7 Å². The molecule has 1 aliphatic carbocycles. The van der Waals surface area contributed by atoms with E-state index in [0.29, 0.717) is 11.3 Å². The highest BCUT2D eigenvalue weighted by molar-refractivity contribution is 6.21. The molecule has 0 saturated heterocycles. The van der Waals surface area contributed by atoms with Crippen LogP contribution in [-0.4, -0.2) is 5.38 Å². The fraction of sp³-hybridized carbons (Fsp3) is 0.750. The lowest BCUT2D eigenvalue weighted by Gasteiger charge is -2.21. The third-order valence-corrected chi connectivity index (χ3v) is 2.56. The zero-order valence-electron chi connectivity index (χ0n) is 6.02. The maximum Gasteiger partial charge on any atom is 0.0401 e. The second-order valence-electron chi connectivity index (χ2n) is 2.98. The summed E-state index contributed by atoms with van der Waals surface area (Å²) in [6, 6.07) is 0. The minimum atomic E-state index is 0.384. The number of hydrogen-bond donors (Lipinski definition) is 0. The van der Waals surface area contributed by atoms with Gasteiger partial charge in [0.25, 0.3) is 0 Å². The molecule has 2 atom stereocenters. The van der Waals surface area contributed by atoms with Crippen LogP contribution in [0.15, 0.2) is 11.6 Å². The Labute approximate surface area is 61.9 Å². The first-order chi connectivity index (χ1) is 4.20. The fourth-order valence-corrected chi connectivity index (χ4v) is 1.47. The number of hydrogen-bond acceptors (Lipinski definition) is 0. The molecule has 0 aromatic carbocycles. The molecule has 0 N–H and O–H groups in total. The van der Waals surface area contributed by atoms with Gasteiger partial charge in [0.05, 0.1) is 0 Å². The Hall–Kier alpha value is 0.0300. The first-order valence-corrected chi connectivity index (χ1v) is 3.93. The van der Waals surface area contributed by atoms with Gasteiger partial charge in [-0.15, -0.1) is 11.6 Å². The first-order valence-electron chi connectivity index (χ1n) is 3.50. The van der Waals surface area contributed by atoms with Gasteiger partial charge in [0.1, 0.15) is 0 Å². The van der Waals surface area contributed by atoms with Crippen molar-refractivity contribution in [1.82, 2.24) is 0 Å². The van der Waals surface area contributed by atoms with E-state index in [2.05, 4.69) is 19.9 Å². The molecular weight excluding hydrogens is 132 g/mol. The molecule has 0 nitrogen and oxygen atoms in total. The molecule has 0 saturated carbocycles. The Morgan fingerprint density at radius 2 is 2.33 bits per heavy atom. The third-order valence-electron chi connectivity index (χ3n) is 1.97. The van der Waals surface area contributed by atoms with Crippen molar-refractivity contribution in [3.05, 3.63) is 11.6 Å². The van der Waals surface area contributed by atoms with Gasteiger partial charge < -0.3 is 0 Å². The maximum absolute atomic E-state index is 6.02. The lowest BCUT2D eigenvalue weighted by atomic mass is 9.91. The zero-order chi connectivity index (χ0) is 6.85. The molecule has 0 amide bonds. The molecule has 0 aromatic rings. The SMILES string of the molecule is CC1=CCC(C)[C@@H](Cl)C1. The highest BCUT2D eigenvalue weighted by Crippen LogP contribution is 2.27. The van der Waals surface area contributed by atoms with Crippen molar-refractivity contribution in [2.24, 2.45) is 5.92 Å². The summed E-state index contributed by atoms with van der Waals surface area (Å²) in [5, 5.41) is 0.384. The Balaban J connectivity index is 2.54. The summed E-state index contributed by atoms with van der Waals surface area (Å²) in [4.78, 5) is 0. The van der Waals surface area contributed by atoms with Crippen LogP contribution in [0.5, 0.6) is 0 Å². The summed E-state index contributed by atoms with van der Waals surface area (Å²) in [5.41, 5.74) is 1.45. The summed E-state index contributed by atoms with van der Waals surface area (Å²) in [6.45, 7) is 4.36. The molecule has 52 valence electrons. The van der Waals surface area contributed by atoms with Crippen molar-refractivity contribution in [1.29, 1.82) is 0 Å². The van der Waals surface area contributed by atoms with Crippen LogP contribution in [0.4, 0.5) is 0 Å². The molecule has 0 bridgehead atoms. The maximum atomic E-state index is 6.02. The third kappa shape index (κ3) is 1.72. The van der Waals surface area contributed by atoms with Gasteiger partial charge >= 0.3 is 0 Å². The summed E-state index contributed by atoms with van der Waals surface area (Å²) in [7, 11) is 0. The number of alkyl halides is 1. The quantitative estimate of drug-likeness (QED) is 0.362. The smallest absolute Gasteiger partial charge is 0.0401 e. The van der Waals surface area contributed by atoms with Crippen LogP contribution in [0.3, 0.4) is 0 Å². The summed E-state index contributed by atoms with van der Waals surface area (Å²) < 4.78 is 0. The van der Waals surface area contributed by atoms with E-state index in [-0.39, 0.29) is 0 Å². The predicted molar refractivity (Wildman–Crippen MR) is 41.8 cm³/mol. The van der Waals surface area contributed by atoms with E-state index in [4.69, 9.17) is 11.6 Å². The highest BCUT2D eigenvalue weighted by atomic mass is 35.5. The van der Waals surface area contributed by atoms with E-state index in [9.17, 15) is 0 Å². The van der Waals surface area contributed by atoms with E-state index >= 15 is 0 Å². The lowest BCUT2D eigenvalue weighted by molar-refractivity contribution is 0.523. The predicted octanol–water partition coefficient (Wildman–Crippen LogP) is 2.97. The Bertz CT molecular complexity index is 127. The van der Waals surface area contributed by atoms with Crippen LogP contribution >= 0.6 is 11.6 Å². The van der Waals surface area contributed by atoms with Crippen molar-refractivity contribution in [2.45, 2.75) is 32.1 Å². The van der Waals surface area contributed by atoms with Crippen LogP contribution in [0.2, 0.25) is 0 Å². The minimum absolute atomic E-state index is 0.384. The topological polar surface area (TPSA) is 0 Å². The summed E-state index contributed by atoms with van der Waals surface area (Å²) >= 11 is 6.02. The first kappa shape index (κ1) is 7.14. The van der Waals surface area contributed by atoms with Crippen LogP contribution in [0, 0.1) is 5.92 Å². The molecule has 1 heteroatoms. The van der Waals surface area contributed by atoms with Crippen molar-refractivity contribution in [3.63, 3.8) is 0 Å². The molecular formula is C8H13Cl. The van der Waals surface area contributed by atoms with Crippen molar-refractivity contribution in [3.8, 4) is 0 Å². The monoisotopic (exact) mass is 144 g/mol. The van der Waals surface area contributed by atoms with Gasteiger partial charge in [-0.2, -0.15) is 0 Å². The molecule has 0 radical (unpaired) electrons. The van der Waals surface area contributed by atoms with E-state index < -0.39 is 0 Å². The average molecular weight is 145 g/mol. The normalized spacial score (nSPS) is 36.1. The zero-order valence-corrected chi connectivity index (χ0v) is 6.78. The van der Waals surface area contributed by atoms with Gasteiger partial charge in [0.15, 0.2) is 0 Å². The molecule has 0 heterocycles. The Morgan fingerprint density at radius 3 is 2.78 bits per heavy atom. The van der Waals surface area contributed by atoms with Crippen molar-refractivity contribution in [2.75, 3.05) is 0 Å². The average Bonchev–Trinajstić information content (AvgIpc) is 1.80.